The van der Waals surface area contributed by atoms with E-state index in [0.717, 1.165) is 47.0 Å². The predicted octanol–water partition coefficient (Wildman–Crippen LogP) is 3.87. The minimum atomic E-state index is -0.964. The normalized spacial score (nSPS) is 17.0. The monoisotopic (exact) mass is 307 g/mol. The molecular formula is C18H17N3O2. The van der Waals surface area contributed by atoms with Crippen molar-refractivity contribution < 1.29 is 9.90 Å². The SMILES string of the molecule is O=C(O)NC1CCCc2cc(-c3cnc4[nH]ccc4c3)ccc21. The molecule has 1 amide bonds. The molecule has 2 aromatic heterocycles. The molecule has 116 valence electrons. The predicted molar refractivity (Wildman–Crippen MR) is 88.4 cm³/mol. The van der Waals surface area contributed by atoms with Crippen LogP contribution in [0.1, 0.15) is 30.0 Å². The number of fused-ring (bicyclic) bond motifs is 2. The number of rotatable bonds is 2. The molecule has 5 heteroatoms. The van der Waals surface area contributed by atoms with E-state index in [1.54, 1.807) is 0 Å². The number of hydrogen-bond acceptors (Lipinski definition) is 2. The zero-order chi connectivity index (χ0) is 15.8. The highest BCUT2D eigenvalue weighted by Crippen LogP contribution is 2.33. The van der Waals surface area contributed by atoms with Crippen LogP contribution in [0.2, 0.25) is 0 Å². The van der Waals surface area contributed by atoms with Gasteiger partial charge in [-0.05, 0) is 48.1 Å². The average molecular weight is 307 g/mol. The Bertz CT molecular complexity index is 885. The smallest absolute Gasteiger partial charge is 0.405 e. The van der Waals surface area contributed by atoms with Crippen LogP contribution in [-0.2, 0) is 6.42 Å². The Labute approximate surface area is 133 Å². The molecule has 0 fully saturated rings. The van der Waals surface area contributed by atoms with Crippen LogP contribution in [0.3, 0.4) is 0 Å². The number of nitrogens with zero attached hydrogens (tertiary/aromatic N) is 1. The van der Waals surface area contributed by atoms with Gasteiger partial charge in [0.1, 0.15) is 5.65 Å². The van der Waals surface area contributed by atoms with Crippen LogP contribution < -0.4 is 5.32 Å². The van der Waals surface area contributed by atoms with Crippen LogP contribution in [0.5, 0.6) is 0 Å². The fraction of sp³-hybridized carbons (Fsp3) is 0.222. The molecule has 1 aliphatic rings. The third-order valence-electron chi connectivity index (χ3n) is 4.49. The van der Waals surface area contributed by atoms with E-state index in [4.69, 9.17) is 5.11 Å². The fourth-order valence-corrected chi connectivity index (χ4v) is 3.39. The summed E-state index contributed by atoms with van der Waals surface area (Å²) >= 11 is 0. The summed E-state index contributed by atoms with van der Waals surface area (Å²) in [6.07, 6.45) is 5.63. The number of nitrogens with one attached hydrogen (secondary N) is 2. The highest BCUT2D eigenvalue weighted by atomic mass is 16.4. The minimum Gasteiger partial charge on any atom is -0.465 e. The Hall–Kier alpha value is -2.82. The van der Waals surface area contributed by atoms with Crippen molar-refractivity contribution in [2.24, 2.45) is 0 Å². The van der Waals surface area contributed by atoms with Crippen molar-refractivity contribution in [1.82, 2.24) is 15.3 Å². The average Bonchev–Trinajstić information content (AvgIpc) is 3.01. The van der Waals surface area contributed by atoms with Crippen molar-refractivity contribution in [2.45, 2.75) is 25.3 Å². The van der Waals surface area contributed by atoms with Gasteiger partial charge in [-0.3, -0.25) is 0 Å². The standard InChI is InChI=1S/C18H17N3O2/c22-18(23)21-16-3-1-2-12-8-11(4-5-15(12)16)14-9-13-6-7-19-17(13)20-10-14/h4-10,16,21H,1-3H2,(H,19,20)(H,22,23). The van der Waals surface area contributed by atoms with Crippen molar-refractivity contribution in [3.05, 3.63) is 53.9 Å². The van der Waals surface area contributed by atoms with E-state index in [9.17, 15) is 4.79 Å². The molecule has 1 unspecified atom stereocenters. The number of hydrogen-bond donors (Lipinski definition) is 3. The van der Waals surface area contributed by atoms with Gasteiger partial charge in [-0.2, -0.15) is 0 Å². The van der Waals surface area contributed by atoms with Crippen molar-refractivity contribution in [3.8, 4) is 11.1 Å². The summed E-state index contributed by atoms with van der Waals surface area (Å²) in [7, 11) is 0. The Morgan fingerprint density at radius 2 is 2.17 bits per heavy atom. The quantitative estimate of drug-likeness (QED) is 0.672. The van der Waals surface area contributed by atoms with E-state index in [2.05, 4.69) is 33.5 Å². The number of amides is 1. The van der Waals surface area contributed by atoms with E-state index in [1.807, 2.05) is 24.5 Å². The van der Waals surface area contributed by atoms with Gasteiger partial charge in [0, 0.05) is 23.3 Å². The van der Waals surface area contributed by atoms with Crippen molar-refractivity contribution in [1.29, 1.82) is 0 Å². The molecule has 23 heavy (non-hydrogen) atoms. The second-order valence-corrected chi connectivity index (χ2v) is 5.95. The first-order chi connectivity index (χ1) is 11.2. The molecule has 0 bridgehead atoms. The molecule has 0 saturated heterocycles. The topological polar surface area (TPSA) is 78.0 Å². The first-order valence-electron chi connectivity index (χ1n) is 7.76. The summed E-state index contributed by atoms with van der Waals surface area (Å²) in [6, 6.07) is 10.3. The van der Waals surface area contributed by atoms with E-state index in [1.165, 1.54) is 5.56 Å². The Balaban J connectivity index is 1.72. The number of aromatic amines is 1. The zero-order valence-corrected chi connectivity index (χ0v) is 12.5. The van der Waals surface area contributed by atoms with Crippen LogP contribution in [-0.4, -0.2) is 21.2 Å². The molecule has 5 nitrogen and oxygen atoms in total. The Morgan fingerprint density at radius 3 is 3.04 bits per heavy atom. The molecule has 1 atom stereocenters. The lowest BCUT2D eigenvalue weighted by molar-refractivity contribution is 0.188. The second-order valence-electron chi connectivity index (χ2n) is 5.95. The molecule has 0 radical (unpaired) electrons. The number of carbonyl (C=O) groups is 1. The van der Waals surface area contributed by atoms with Gasteiger partial charge in [0.2, 0.25) is 0 Å². The molecule has 0 aliphatic heterocycles. The van der Waals surface area contributed by atoms with Gasteiger partial charge in [-0.15, -0.1) is 0 Å². The van der Waals surface area contributed by atoms with Crippen LogP contribution in [0, 0.1) is 0 Å². The second kappa shape index (κ2) is 5.43. The van der Waals surface area contributed by atoms with Gasteiger partial charge < -0.3 is 15.4 Å². The lowest BCUT2D eigenvalue weighted by Gasteiger charge is -2.26. The van der Waals surface area contributed by atoms with Crippen LogP contribution in [0.4, 0.5) is 4.79 Å². The van der Waals surface area contributed by atoms with Crippen LogP contribution >= 0.6 is 0 Å². The van der Waals surface area contributed by atoms with Crippen LogP contribution in [0.15, 0.2) is 42.7 Å². The summed E-state index contributed by atoms with van der Waals surface area (Å²) < 4.78 is 0. The van der Waals surface area contributed by atoms with Gasteiger partial charge in [-0.25, -0.2) is 9.78 Å². The highest BCUT2D eigenvalue weighted by Gasteiger charge is 2.22. The maximum atomic E-state index is 10.9. The summed E-state index contributed by atoms with van der Waals surface area (Å²) in [4.78, 5) is 18.5. The number of aromatic nitrogens is 2. The Kier molecular flexibility index (Phi) is 3.26. The van der Waals surface area contributed by atoms with Gasteiger partial charge >= 0.3 is 6.09 Å². The van der Waals surface area contributed by atoms with Crippen LogP contribution in [0.25, 0.3) is 22.2 Å². The van der Waals surface area contributed by atoms with E-state index >= 15 is 0 Å². The van der Waals surface area contributed by atoms with Crippen molar-refractivity contribution >= 4 is 17.1 Å². The van der Waals surface area contributed by atoms with Gasteiger partial charge in [0.25, 0.3) is 0 Å². The molecule has 4 rings (SSSR count). The maximum Gasteiger partial charge on any atom is 0.405 e. The van der Waals surface area contributed by atoms with Crippen molar-refractivity contribution in [2.75, 3.05) is 0 Å². The molecule has 2 heterocycles. The van der Waals surface area contributed by atoms with Gasteiger partial charge in [-0.1, -0.05) is 18.2 Å². The molecule has 3 N–H and O–H groups in total. The largest absolute Gasteiger partial charge is 0.465 e. The lowest BCUT2D eigenvalue weighted by atomic mass is 9.86. The molecular weight excluding hydrogens is 290 g/mol. The van der Waals surface area contributed by atoms with E-state index in [0.29, 0.717) is 0 Å². The third kappa shape index (κ3) is 2.54. The fourth-order valence-electron chi connectivity index (χ4n) is 3.39. The molecule has 1 aliphatic carbocycles. The van der Waals surface area contributed by atoms with E-state index in [-0.39, 0.29) is 6.04 Å². The highest BCUT2D eigenvalue weighted by molar-refractivity contribution is 5.81. The summed E-state index contributed by atoms with van der Waals surface area (Å²) in [6.45, 7) is 0. The maximum absolute atomic E-state index is 10.9. The number of aryl methyl sites for hydroxylation is 1. The number of pyridine rings is 1. The summed E-state index contributed by atoms with van der Waals surface area (Å²) in [5.41, 5.74) is 5.40. The summed E-state index contributed by atoms with van der Waals surface area (Å²) in [5, 5.41) is 12.7. The number of H-pyrrole nitrogens is 1. The lowest BCUT2D eigenvalue weighted by Crippen LogP contribution is -2.29. The molecule has 1 aromatic carbocycles. The minimum absolute atomic E-state index is 0.101. The van der Waals surface area contributed by atoms with Gasteiger partial charge in [0.05, 0.1) is 6.04 Å². The molecule has 3 aromatic rings. The van der Waals surface area contributed by atoms with Crippen molar-refractivity contribution in [3.63, 3.8) is 0 Å². The Morgan fingerprint density at radius 1 is 1.26 bits per heavy atom. The van der Waals surface area contributed by atoms with Gasteiger partial charge in [0.15, 0.2) is 0 Å². The zero-order valence-electron chi connectivity index (χ0n) is 12.5. The molecule has 0 saturated carbocycles. The molecule has 0 spiro atoms. The summed E-state index contributed by atoms with van der Waals surface area (Å²) in [5.74, 6) is 0. The third-order valence-corrected chi connectivity index (χ3v) is 4.49. The van der Waals surface area contributed by atoms with E-state index < -0.39 is 6.09 Å². The first-order valence-corrected chi connectivity index (χ1v) is 7.76. The number of carboxylic acid groups (broad SMARTS) is 1. The first kappa shape index (κ1) is 13.8. The number of benzene rings is 1.